The molecule has 2 N–H and O–H groups in total. The summed E-state index contributed by atoms with van der Waals surface area (Å²) in [5.41, 5.74) is -3.18. The highest BCUT2D eigenvalue weighted by Crippen LogP contribution is 2.32. The Morgan fingerprint density at radius 3 is 2.12 bits per heavy atom. The minimum atomic E-state index is -4.47. The minimum absolute atomic E-state index is 0.104. The van der Waals surface area contributed by atoms with Gasteiger partial charge in [0.1, 0.15) is 24.2 Å². The monoisotopic (exact) mass is 486 g/mol. The summed E-state index contributed by atoms with van der Waals surface area (Å²) >= 11 is 0. The van der Waals surface area contributed by atoms with E-state index in [1.165, 1.54) is 24.3 Å². The lowest BCUT2D eigenvalue weighted by Gasteiger charge is -2.21. The SMILES string of the molecule is O=C(NCC(=O)N1C[C@@](F)(CF)C[C@H]1C(=O)O)c1ccc(Oc2ccc(C(F)(F)F)cc2)cc1. The quantitative estimate of drug-likeness (QED) is 0.584. The van der Waals surface area contributed by atoms with Gasteiger partial charge in [-0.15, -0.1) is 0 Å². The van der Waals surface area contributed by atoms with E-state index < -0.39 is 67.4 Å². The molecule has 34 heavy (non-hydrogen) atoms. The topological polar surface area (TPSA) is 95.9 Å². The summed E-state index contributed by atoms with van der Waals surface area (Å²) in [5, 5.41) is 11.4. The van der Waals surface area contributed by atoms with Gasteiger partial charge in [0, 0.05) is 12.0 Å². The van der Waals surface area contributed by atoms with Crippen LogP contribution in [0.1, 0.15) is 22.3 Å². The summed E-state index contributed by atoms with van der Waals surface area (Å²) in [6.07, 6.45) is -5.15. The maximum Gasteiger partial charge on any atom is 0.416 e. The number of likely N-dealkylation sites (tertiary alicyclic amines) is 1. The standard InChI is InChI=1S/C22H19F5N2O5/c23-11-21(24)9-17(20(32)33)29(12-21)18(30)10-28-19(31)13-1-5-15(6-2-13)34-16-7-3-14(4-8-16)22(25,26)27/h1-8,17H,9-12H2,(H,28,31)(H,32,33)/t17-,21-/m0/s1. The predicted octanol–water partition coefficient (Wildman–Crippen LogP) is 3.59. The zero-order chi connectivity index (χ0) is 25.1. The summed E-state index contributed by atoms with van der Waals surface area (Å²) in [6, 6.07) is 7.93. The number of aliphatic carboxylic acids is 1. The smallest absolute Gasteiger partial charge is 0.416 e. The number of nitrogens with zero attached hydrogens (tertiary/aromatic N) is 1. The zero-order valence-corrected chi connectivity index (χ0v) is 17.4. The van der Waals surface area contributed by atoms with Crippen LogP contribution in [0.5, 0.6) is 11.5 Å². The Balaban J connectivity index is 1.56. The molecule has 12 heteroatoms. The molecule has 2 aromatic carbocycles. The molecule has 7 nitrogen and oxygen atoms in total. The van der Waals surface area contributed by atoms with Crippen LogP contribution in [0, 0.1) is 0 Å². The first-order valence-electron chi connectivity index (χ1n) is 9.92. The highest BCUT2D eigenvalue weighted by molar-refractivity contribution is 5.97. The number of benzene rings is 2. The Labute approximate surface area is 190 Å². The van der Waals surface area contributed by atoms with Crippen molar-refractivity contribution in [2.45, 2.75) is 24.3 Å². The summed E-state index contributed by atoms with van der Waals surface area (Å²) in [5.74, 6) is -2.67. The van der Waals surface area contributed by atoms with E-state index in [9.17, 15) is 36.3 Å². The molecule has 0 spiro atoms. The van der Waals surface area contributed by atoms with Crippen molar-refractivity contribution in [1.82, 2.24) is 10.2 Å². The van der Waals surface area contributed by atoms with Crippen LogP contribution in [0.3, 0.4) is 0 Å². The number of carbonyl (C=O) groups excluding carboxylic acids is 2. The largest absolute Gasteiger partial charge is 0.480 e. The van der Waals surface area contributed by atoms with Crippen LogP contribution in [0.2, 0.25) is 0 Å². The first-order valence-corrected chi connectivity index (χ1v) is 9.92. The molecule has 0 bridgehead atoms. The van der Waals surface area contributed by atoms with Gasteiger partial charge in [-0.2, -0.15) is 13.2 Å². The number of carboxylic acid groups (broad SMARTS) is 1. The third-order valence-corrected chi connectivity index (χ3v) is 5.17. The molecule has 1 saturated heterocycles. The van der Waals surface area contributed by atoms with E-state index in [0.717, 1.165) is 24.3 Å². The highest BCUT2D eigenvalue weighted by atomic mass is 19.4. The van der Waals surface area contributed by atoms with Gasteiger partial charge in [0.25, 0.3) is 5.91 Å². The van der Waals surface area contributed by atoms with Crippen molar-refractivity contribution in [3.63, 3.8) is 0 Å². The second kappa shape index (κ2) is 9.65. The number of amides is 2. The lowest BCUT2D eigenvalue weighted by molar-refractivity contribution is -0.147. The number of rotatable bonds is 7. The van der Waals surface area contributed by atoms with Crippen LogP contribution in [-0.2, 0) is 15.8 Å². The molecule has 1 fully saturated rings. The summed E-state index contributed by atoms with van der Waals surface area (Å²) in [7, 11) is 0. The number of alkyl halides is 5. The van der Waals surface area contributed by atoms with Crippen molar-refractivity contribution < 1.29 is 46.2 Å². The fourth-order valence-electron chi connectivity index (χ4n) is 3.40. The molecule has 1 heterocycles. The van der Waals surface area contributed by atoms with Gasteiger partial charge in [-0.05, 0) is 48.5 Å². The van der Waals surface area contributed by atoms with Gasteiger partial charge in [0.05, 0.1) is 18.7 Å². The molecule has 1 aliphatic heterocycles. The fraction of sp³-hybridized carbons (Fsp3) is 0.318. The second-order valence-electron chi connectivity index (χ2n) is 7.70. The van der Waals surface area contributed by atoms with Crippen LogP contribution in [0.15, 0.2) is 48.5 Å². The summed E-state index contributed by atoms with van der Waals surface area (Å²) in [6.45, 7) is -2.80. The van der Waals surface area contributed by atoms with Crippen molar-refractivity contribution in [3.05, 3.63) is 59.7 Å². The van der Waals surface area contributed by atoms with Crippen LogP contribution in [0.4, 0.5) is 22.0 Å². The molecular weight excluding hydrogens is 467 g/mol. The van der Waals surface area contributed by atoms with E-state index in [1.54, 1.807) is 0 Å². The molecule has 0 unspecified atom stereocenters. The first-order chi connectivity index (χ1) is 15.9. The number of carboxylic acids is 1. The minimum Gasteiger partial charge on any atom is -0.480 e. The van der Waals surface area contributed by atoms with E-state index in [1.807, 2.05) is 0 Å². The Morgan fingerprint density at radius 2 is 1.62 bits per heavy atom. The van der Waals surface area contributed by atoms with E-state index >= 15 is 0 Å². The Morgan fingerprint density at radius 1 is 1.06 bits per heavy atom. The normalized spacial score (nSPS) is 20.1. The summed E-state index contributed by atoms with van der Waals surface area (Å²) in [4.78, 5) is 36.6. The van der Waals surface area contributed by atoms with E-state index in [0.29, 0.717) is 4.90 Å². The molecule has 0 saturated carbocycles. The maximum atomic E-state index is 14.2. The predicted molar refractivity (Wildman–Crippen MR) is 108 cm³/mol. The number of nitrogens with one attached hydrogen (secondary N) is 1. The molecule has 1 aliphatic rings. The maximum absolute atomic E-state index is 14.2. The van der Waals surface area contributed by atoms with Gasteiger partial charge in [0.15, 0.2) is 5.67 Å². The molecule has 3 rings (SSSR count). The van der Waals surface area contributed by atoms with Gasteiger partial charge >= 0.3 is 12.1 Å². The Kier molecular flexibility index (Phi) is 7.08. The average molecular weight is 486 g/mol. The van der Waals surface area contributed by atoms with Crippen LogP contribution in [-0.4, -0.2) is 59.3 Å². The van der Waals surface area contributed by atoms with Gasteiger partial charge in [-0.25, -0.2) is 13.6 Å². The Bertz CT molecular complexity index is 1060. The van der Waals surface area contributed by atoms with E-state index in [4.69, 9.17) is 9.84 Å². The molecule has 182 valence electrons. The molecule has 2 atom stereocenters. The molecule has 2 amide bonds. The van der Waals surface area contributed by atoms with Gasteiger partial charge < -0.3 is 20.1 Å². The lowest BCUT2D eigenvalue weighted by Crippen LogP contribution is -2.46. The fourth-order valence-corrected chi connectivity index (χ4v) is 3.40. The van der Waals surface area contributed by atoms with Crippen molar-refractivity contribution in [2.75, 3.05) is 19.8 Å². The zero-order valence-electron chi connectivity index (χ0n) is 17.4. The van der Waals surface area contributed by atoms with E-state index in [2.05, 4.69) is 5.32 Å². The summed E-state index contributed by atoms with van der Waals surface area (Å²) < 4.78 is 70.4. The second-order valence-corrected chi connectivity index (χ2v) is 7.70. The number of ether oxygens (including phenoxy) is 1. The third kappa shape index (κ3) is 5.80. The van der Waals surface area contributed by atoms with Gasteiger partial charge in [0.2, 0.25) is 5.91 Å². The Hall–Kier alpha value is -3.70. The average Bonchev–Trinajstić information content (AvgIpc) is 3.16. The molecule has 0 aromatic heterocycles. The van der Waals surface area contributed by atoms with Crippen LogP contribution < -0.4 is 10.1 Å². The van der Waals surface area contributed by atoms with Crippen molar-refractivity contribution in [3.8, 4) is 11.5 Å². The van der Waals surface area contributed by atoms with Crippen LogP contribution >= 0.6 is 0 Å². The molecule has 0 radical (unpaired) electrons. The first kappa shape index (κ1) is 24.9. The van der Waals surface area contributed by atoms with Crippen molar-refractivity contribution >= 4 is 17.8 Å². The highest BCUT2D eigenvalue weighted by Gasteiger charge is 2.49. The number of carbonyl (C=O) groups is 3. The number of halogens is 5. The number of hydrogen-bond acceptors (Lipinski definition) is 4. The lowest BCUT2D eigenvalue weighted by atomic mass is 10.0. The van der Waals surface area contributed by atoms with Gasteiger partial charge in [-0.3, -0.25) is 9.59 Å². The van der Waals surface area contributed by atoms with Crippen LogP contribution in [0.25, 0.3) is 0 Å². The molecule has 0 aliphatic carbocycles. The van der Waals surface area contributed by atoms with Gasteiger partial charge in [-0.1, -0.05) is 0 Å². The molecule has 2 aromatic rings. The number of hydrogen-bond donors (Lipinski definition) is 2. The third-order valence-electron chi connectivity index (χ3n) is 5.17. The van der Waals surface area contributed by atoms with Crippen molar-refractivity contribution in [1.29, 1.82) is 0 Å². The molecular formula is C22H19F5N2O5. The van der Waals surface area contributed by atoms with E-state index in [-0.39, 0.29) is 17.1 Å². The van der Waals surface area contributed by atoms with Crippen molar-refractivity contribution in [2.24, 2.45) is 0 Å².